The maximum absolute atomic E-state index is 11.1. The van der Waals surface area contributed by atoms with Gasteiger partial charge in [-0.25, -0.2) is 14.9 Å². The Bertz CT molecular complexity index is 587. The lowest BCUT2D eigenvalue weighted by Crippen LogP contribution is -2.41. The summed E-state index contributed by atoms with van der Waals surface area (Å²) in [5.41, 5.74) is 21.0. The van der Waals surface area contributed by atoms with E-state index in [2.05, 4.69) is 21.5 Å². The number of nitrogens with zero attached hydrogens (tertiary/aromatic N) is 1. The van der Waals surface area contributed by atoms with E-state index in [9.17, 15) is 29.3 Å². The van der Waals surface area contributed by atoms with Crippen molar-refractivity contribution in [2.45, 2.75) is 31.3 Å². The summed E-state index contributed by atoms with van der Waals surface area (Å²) in [5.74, 6) is -3.76. The molecule has 0 saturated heterocycles. The zero-order valence-electron chi connectivity index (χ0n) is 16.2. The van der Waals surface area contributed by atoms with Gasteiger partial charge in [0.25, 0.3) is 0 Å². The first-order chi connectivity index (χ1) is 13.8. The number of carboxylic acids is 2. The molecular weight excluding hydrogens is 412 g/mol. The van der Waals surface area contributed by atoms with Crippen LogP contribution < -0.4 is 33.7 Å². The molecule has 13 N–H and O–H groups in total. The van der Waals surface area contributed by atoms with Gasteiger partial charge in [-0.3, -0.25) is 19.8 Å². The highest BCUT2D eigenvalue weighted by atomic mass is 16.7. The van der Waals surface area contributed by atoms with Crippen LogP contribution in [0, 0.1) is 15.5 Å². The maximum Gasteiger partial charge on any atom is 0.334 e. The number of hydrazine groups is 1. The standard InChI is InChI=1S/C7H15N5O4.C4H8N2O3.C2H5NO2/c1-16-6(13)5(11-12(14)15)3-2-4-10-7(8)9;5-2(4(8)9)1-3(6)7;3-1-2(4)5/h5,11H,2-4H2,1H3,(H4,8,9,10);2H,1,5H2,(H2,6,7)(H,8,9);1,3H2,(H,4,5). The van der Waals surface area contributed by atoms with Crippen LogP contribution in [0.5, 0.6) is 0 Å². The third kappa shape index (κ3) is 24.3. The summed E-state index contributed by atoms with van der Waals surface area (Å²) in [7, 11) is 1.16. The second-order valence-electron chi connectivity index (χ2n) is 5.16. The highest BCUT2D eigenvalue weighted by molar-refractivity contribution is 5.83. The van der Waals surface area contributed by atoms with Gasteiger partial charge in [-0.15, -0.1) is 5.43 Å². The summed E-state index contributed by atoms with van der Waals surface area (Å²) in [4.78, 5) is 50.4. The average Bonchev–Trinajstić information content (AvgIpc) is 2.63. The van der Waals surface area contributed by atoms with Crippen molar-refractivity contribution >= 4 is 29.8 Å². The first-order valence-electron chi connectivity index (χ1n) is 8.03. The lowest BCUT2D eigenvalue weighted by Gasteiger charge is -2.11. The van der Waals surface area contributed by atoms with E-state index in [4.69, 9.17) is 27.1 Å². The molecule has 17 heteroatoms. The van der Waals surface area contributed by atoms with Crippen LogP contribution in [-0.4, -0.2) is 77.3 Å². The van der Waals surface area contributed by atoms with E-state index in [0.717, 1.165) is 7.11 Å². The SMILES string of the molecule is COC(=O)C(CCCNC(=N)N)N[N+](=O)[O-].NC(=O)CC(N)C(=O)O.NCC(=O)O. The van der Waals surface area contributed by atoms with Crippen LogP contribution >= 0.6 is 0 Å². The number of nitrogens with one attached hydrogen (secondary N) is 3. The van der Waals surface area contributed by atoms with Gasteiger partial charge in [0.2, 0.25) is 5.91 Å². The lowest BCUT2D eigenvalue weighted by molar-refractivity contribution is -0.549. The number of hydrogen-bond donors (Lipinski definition) is 9. The van der Waals surface area contributed by atoms with Crippen molar-refractivity contribution in [3.8, 4) is 0 Å². The molecule has 0 rings (SSSR count). The predicted octanol–water partition coefficient (Wildman–Crippen LogP) is -4.12. The number of rotatable bonds is 11. The Labute approximate surface area is 170 Å². The van der Waals surface area contributed by atoms with Gasteiger partial charge in [-0.05, 0) is 12.8 Å². The molecule has 2 unspecified atom stereocenters. The van der Waals surface area contributed by atoms with E-state index in [-0.39, 0.29) is 25.3 Å². The van der Waals surface area contributed by atoms with E-state index in [1.165, 1.54) is 0 Å². The number of carbonyl (C=O) groups excluding carboxylic acids is 2. The molecule has 0 spiro atoms. The number of carbonyl (C=O) groups is 4. The van der Waals surface area contributed by atoms with E-state index < -0.39 is 40.9 Å². The van der Waals surface area contributed by atoms with Crippen LogP contribution in [0.25, 0.3) is 0 Å². The van der Waals surface area contributed by atoms with E-state index in [0.29, 0.717) is 13.0 Å². The van der Waals surface area contributed by atoms with Gasteiger partial charge in [0, 0.05) is 6.54 Å². The van der Waals surface area contributed by atoms with E-state index >= 15 is 0 Å². The molecule has 0 fully saturated rings. The fourth-order valence-corrected chi connectivity index (χ4v) is 1.34. The second-order valence-corrected chi connectivity index (χ2v) is 5.16. The van der Waals surface area contributed by atoms with Crippen LogP contribution in [0.3, 0.4) is 0 Å². The van der Waals surface area contributed by atoms with Crippen molar-refractivity contribution in [2.75, 3.05) is 20.2 Å². The highest BCUT2D eigenvalue weighted by Crippen LogP contribution is 1.98. The smallest absolute Gasteiger partial charge is 0.334 e. The number of nitrogens with two attached hydrogens (primary N) is 4. The minimum Gasteiger partial charge on any atom is -0.480 e. The molecule has 0 radical (unpaired) electrons. The monoisotopic (exact) mass is 440 g/mol. The van der Waals surface area contributed by atoms with Gasteiger partial charge in [0.05, 0.1) is 20.1 Å². The third-order valence-corrected chi connectivity index (χ3v) is 2.64. The Morgan fingerprint density at radius 1 is 1.23 bits per heavy atom. The average molecular weight is 440 g/mol. The second kappa shape index (κ2) is 18.6. The van der Waals surface area contributed by atoms with Crippen molar-refractivity contribution in [3.63, 3.8) is 0 Å². The molecule has 0 saturated carbocycles. The molecule has 30 heavy (non-hydrogen) atoms. The molecule has 0 bridgehead atoms. The summed E-state index contributed by atoms with van der Waals surface area (Å²) in [6.07, 6.45) is 0.351. The Kier molecular flexibility index (Phi) is 19.2. The molecule has 0 aromatic heterocycles. The van der Waals surface area contributed by atoms with E-state index in [1.807, 2.05) is 5.43 Å². The molecule has 0 aromatic carbocycles. The number of esters is 1. The summed E-state index contributed by atoms with van der Waals surface area (Å²) >= 11 is 0. The molecule has 2 atom stereocenters. The molecule has 1 amide bonds. The number of aliphatic carboxylic acids is 2. The topological polar surface area (TPSA) is 313 Å². The molecule has 0 aliphatic carbocycles. The Morgan fingerprint density at radius 3 is 2.00 bits per heavy atom. The third-order valence-electron chi connectivity index (χ3n) is 2.64. The van der Waals surface area contributed by atoms with Crippen molar-refractivity contribution in [3.05, 3.63) is 10.1 Å². The fraction of sp³-hybridized carbons (Fsp3) is 0.615. The van der Waals surface area contributed by atoms with Crippen LogP contribution in [0.2, 0.25) is 0 Å². The first kappa shape index (κ1) is 31.0. The van der Waals surface area contributed by atoms with E-state index in [1.54, 1.807) is 0 Å². The van der Waals surface area contributed by atoms with Crippen LogP contribution in [0.4, 0.5) is 0 Å². The molecule has 17 nitrogen and oxygen atoms in total. The van der Waals surface area contributed by atoms with Gasteiger partial charge in [0.15, 0.2) is 17.0 Å². The number of methoxy groups -OCH3 is 1. The minimum atomic E-state index is -1.21. The Balaban J connectivity index is -0.000000435. The number of hydrogen-bond acceptors (Lipinski definition) is 10. The van der Waals surface area contributed by atoms with Crippen molar-refractivity contribution in [1.29, 1.82) is 5.41 Å². The molecule has 174 valence electrons. The Hall–Kier alpha value is -3.73. The van der Waals surface area contributed by atoms with Gasteiger partial charge in [-0.1, -0.05) is 0 Å². The normalized spacial score (nSPS) is 11.0. The zero-order valence-corrected chi connectivity index (χ0v) is 16.2. The number of primary amides is 1. The van der Waals surface area contributed by atoms with Crippen molar-refractivity contribution < 1.29 is 39.2 Å². The summed E-state index contributed by atoms with van der Waals surface area (Å²) in [6.45, 7) is 0.0855. The number of carboxylic acid groups (broad SMARTS) is 2. The van der Waals surface area contributed by atoms with Crippen LogP contribution in [0.15, 0.2) is 0 Å². The van der Waals surface area contributed by atoms with Gasteiger partial charge < -0.3 is 43.2 Å². The van der Waals surface area contributed by atoms with Gasteiger partial charge in [0.1, 0.15) is 6.04 Å². The van der Waals surface area contributed by atoms with Crippen molar-refractivity contribution in [1.82, 2.24) is 10.7 Å². The summed E-state index contributed by atoms with van der Waals surface area (Å²) in [5, 5.41) is 34.5. The molecule has 0 heterocycles. The number of ether oxygens (including phenoxy) is 1. The number of nitro groups is 1. The molecule has 0 aliphatic rings. The molecular formula is C13H28N8O9. The number of amides is 1. The summed E-state index contributed by atoms with van der Waals surface area (Å²) in [6, 6.07) is -2.16. The van der Waals surface area contributed by atoms with Crippen LogP contribution in [0.1, 0.15) is 19.3 Å². The van der Waals surface area contributed by atoms with Gasteiger partial charge in [-0.2, -0.15) is 0 Å². The largest absolute Gasteiger partial charge is 0.480 e. The summed E-state index contributed by atoms with van der Waals surface area (Å²) < 4.78 is 4.40. The van der Waals surface area contributed by atoms with Gasteiger partial charge >= 0.3 is 17.9 Å². The lowest BCUT2D eigenvalue weighted by atomic mass is 10.1. The first-order valence-corrected chi connectivity index (χ1v) is 8.03. The number of guanidine groups is 1. The highest BCUT2D eigenvalue weighted by Gasteiger charge is 2.22. The fourth-order valence-electron chi connectivity index (χ4n) is 1.34. The predicted molar refractivity (Wildman–Crippen MR) is 101 cm³/mol. The molecule has 0 aliphatic heterocycles. The van der Waals surface area contributed by atoms with Crippen molar-refractivity contribution in [2.24, 2.45) is 22.9 Å². The Morgan fingerprint density at radius 2 is 1.73 bits per heavy atom. The zero-order chi connectivity index (χ0) is 24.3. The maximum atomic E-state index is 11.1. The minimum absolute atomic E-state index is 0.183. The molecule has 0 aromatic rings. The van der Waals surface area contributed by atoms with Crippen LogP contribution in [-0.2, 0) is 23.9 Å². The quantitative estimate of drug-likeness (QED) is 0.0368.